The molecule has 18 heavy (non-hydrogen) atoms. The molecule has 0 unspecified atom stereocenters. The molecule has 2 heterocycles. The number of phenolic OH excluding ortho intramolecular Hbond substituents is 1. The standard InChI is InChI=1S/C12H8N2O3S/c13-8-5-18-11-9(8)12(16)17-10(14-11)6-1-3-7(15)4-2-6/h1-5,15H,13H2. The van der Waals surface area contributed by atoms with E-state index in [9.17, 15) is 9.90 Å². The highest BCUT2D eigenvalue weighted by atomic mass is 32.1. The van der Waals surface area contributed by atoms with Crippen molar-refractivity contribution in [2.75, 3.05) is 5.73 Å². The molecule has 3 aromatic rings. The summed E-state index contributed by atoms with van der Waals surface area (Å²) in [6, 6.07) is 6.26. The molecule has 1 aromatic carbocycles. The fourth-order valence-electron chi connectivity index (χ4n) is 1.63. The van der Waals surface area contributed by atoms with Gasteiger partial charge in [0.25, 0.3) is 0 Å². The molecule has 0 amide bonds. The Hall–Kier alpha value is -2.34. The largest absolute Gasteiger partial charge is 0.508 e. The maximum absolute atomic E-state index is 11.8. The zero-order chi connectivity index (χ0) is 12.7. The minimum absolute atomic E-state index is 0.141. The van der Waals surface area contributed by atoms with Crippen LogP contribution >= 0.6 is 11.3 Å². The number of thiophene rings is 1. The first kappa shape index (κ1) is 10.8. The normalized spacial score (nSPS) is 10.9. The summed E-state index contributed by atoms with van der Waals surface area (Å²) < 4.78 is 5.13. The van der Waals surface area contributed by atoms with Crippen LogP contribution in [0, 0.1) is 0 Å². The Morgan fingerprint density at radius 1 is 1.28 bits per heavy atom. The average Bonchev–Trinajstić information content (AvgIpc) is 2.72. The highest BCUT2D eigenvalue weighted by Crippen LogP contribution is 2.26. The molecule has 0 saturated heterocycles. The van der Waals surface area contributed by atoms with Crippen LogP contribution in [0.15, 0.2) is 38.9 Å². The molecule has 0 radical (unpaired) electrons. The van der Waals surface area contributed by atoms with Gasteiger partial charge in [-0.05, 0) is 24.3 Å². The smallest absolute Gasteiger partial charge is 0.350 e. The van der Waals surface area contributed by atoms with Gasteiger partial charge in [-0.2, -0.15) is 0 Å². The van der Waals surface area contributed by atoms with Crippen LogP contribution in [-0.4, -0.2) is 10.1 Å². The monoisotopic (exact) mass is 260 g/mol. The SMILES string of the molecule is Nc1csc2nc(-c3ccc(O)cc3)oc(=O)c12. The lowest BCUT2D eigenvalue weighted by molar-refractivity contribution is 0.475. The number of benzene rings is 1. The van der Waals surface area contributed by atoms with Gasteiger partial charge in [-0.25, -0.2) is 9.78 Å². The van der Waals surface area contributed by atoms with Gasteiger partial charge < -0.3 is 15.3 Å². The summed E-state index contributed by atoms with van der Waals surface area (Å²) >= 11 is 1.29. The Morgan fingerprint density at radius 3 is 2.72 bits per heavy atom. The van der Waals surface area contributed by atoms with Crippen LogP contribution in [0.25, 0.3) is 21.7 Å². The molecule has 0 aliphatic heterocycles. The molecule has 0 aliphatic carbocycles. The van der Waals surface area contributed by atoms with Crippen molar-refractivity contribution >= 4 is 27.2 Å². The number of nitrogens with two attached hydrogens (primary N) is 1. The number of nitrogens with zero attached hydrogens (tertiary/aromatic N) is 1. The zero-order valence-electron chi connectivity index (χ0n) is 9.08. The van der Waals surface area contributed by atoms with E-state index in [-0.39, 0.29) is 11.6 Å². The summed E-state index contributed by atoms with van der Waals surface area (Å²) in [5.41, 5.74) is 6.17. The van der Waals surface area contributed by atoms with Crippen molar-refractivity contribution in [3.05, 3.63) is 40.1 Å². The van der Waals surface area contributed by atoms with Crippen LogP contribution < -0.4 is 11.4 Å². The predicted molar refractivity (Wildman–Crippen MR) is 69.7 cm³/mol. The van der Waals surface area contributed by atoms with Crippen molar-refractivity contribution in [3.63, 3.8) is 0 Å². The summed E-state index contributed by atoms with van der Waals surface area (Å²) in [5, 5.41) is 11.2. The molecular formula is C12H8N2O3S. The van der Waals surface area contributed by atoms with Crippen LogP contribution in [0.3, 0.4) is 0 Å². The number of aromatic nitrogens is 1. The molecule has 0 atom stereocenters. The maximum atomic E-state index is 11.8. The van der Waals surface area contributed by atoms with Crippen LogP contribution in [0.1, 0.15) is 0 Å². The van der Waals surface area contributed by atoms with Crippen molar-refractivity contribution in [2.24, 2.45) is 0 Å². The minimum Gasteiger partial charge on any atom is -0.508 e. The van der Waals surface area contributed by atoms with E-state index in [1.807, 2.05) is 0 Å². The Morgan fingerprint density at radius 2 is 2.00 bits per heavy atom. The van der Waals surface area contributed by atoms with Gasteiger partial charge in [-0.15, -0.1) is 11.3 Å². The van der Waals surface area contributed by atoms with E-state index >= 15 is 0 Å². The third-order valence-corrected chi connectivity index (χ3v) is 3.40. The second kappa shape index (κ2) is 3.85. The number of hydrogen-bond acceptors (Lipinski definition) is 6. The number of phenols is 1. The maximum Gasteiger partial charge on any atom is 0.350 e. The van der Waals surface area contributed by atoms with Crippen molar-refractivity contribution in [1.29, 1.82) is 0 Å². The summed E-state index contributed by atoms with van der Waals surface area (Å²) in [6.07, 6.45) is 0. The fourth-order valence-corrected chi connectivity index (χ4v) is 2.44. The first-order valence-electron chi connectivity index (χ1n) is 5.12. The minimum atomic E-state index is -0.498. The number of fused-ring (bicyclic) bond motifs is 1. The van der Waals surface area contributed by atoms with Crippen molar-refractivity contribution in [3.8, 4) is 17.2 Å². The van der Waals surface area contributed by atoms with E-state index in [0.717, 1.165) is 0 Å². The molecule has 2 aromatic heterocycles. The van der Waals surface area contributed by atoms with Gasteiger partial charge in [0, 0.05) is 10.9 Å². The summed E-state index contributed by atoms with van der Waals surface area (Å²) in [4.78, 5) is 16.6. The molecule has 6 heteroatoms. The van der Waals surface area contributed by atoms with Gasteiger partial charge in [-0.1, -0.05) is 0 Å². The third kappa shape index (κ3) is 1.63. The van der Waals surface area contributed by atoms with Crippen LogP contribution in [0.4, 0.5) is 5.69 Å². The van der Waals surface area contributed by atoms with Gasteiger partial charge in [0.15, 0.2) is 0 Å². The lowest BCUT2D eigenvalue weighted by Crippen LogP contribution is -2.03. The third-order valence-electron chi connectivity index (χ3n) is 2.51. The Bertz CT molecular complexity index is 774. The molecule has 90 valence electrons. The summed E-state index contributed by atoms with van der Waals surface area (Å²) in [7, 11) is 0. The van der Waals surface area contributed by atoms with Crippen LogP contribution in [-0.2, 0) is 0 Å². The quantitative estimate of drug-likeness (QED) is 0.700. The lowest BCUT2D eigenvalue weighted by atomic mass is 10.2. The Kier molecular flexibility index (Phi) is 2.31. The van der Waals surface area contributed by atoms with Crippen LogP contribution in [0.2, 0.25) is 0 Å². The topological polar surface area (TPSA) is 89.3 Å². The Labute approximate surface area is 105 Å². The van der Waals surface area contributed by atoms with Gasteiger partial charge in [-0.3, -0.25) is 0 Å². The van der Waals surface area contributed by atoms with Crippen LogP contribution in [0.5, 0.6) is 5.75 Å². The molecule has 0 bridgehead atoms. The molecule has 0 spiro atoms. The van der Waals surface area contributed by atoms with Gasteiger partial charge in [0.05, 0.1) is 5.69 Å². The van der Waals surface area contributed by atoms with Crippen molar-refractivity contribution in [2.45, 2.75) is 0 Å². The van der Waals surface area contributed by atoms with E-state index in [1.165, 1.54) is 23.5 Å². The van der Waals surface area contributed by atoms with E-state index in [4.69, 9.17) is 10.2 Å². The van der Waals surface area contributed by atoms with E-state index in [1.54, 1.807) is 17.5 Å². The van der Waals surface area contributed by atoms with E-state index < -0.39 is 5.63 Å². The second-order valence-corrected chi connectivity index (χ2v) is 4.58. The second-order valence-electron chi connectivity index (χ2n) is 3.72. The van der Waals surface area contributed by atoms with Gasteiger partial charge >= 0.3 is 5.63 Å². The first-order valence-corrected chi connectivity index (χ1v) is 6.00. The van der Waals surface area contributed by atoms with E-state index in [2.05, 4.69) is 4.98 Å². The van der Waals surface area contributed by atoms with Crippen molar-refractivity contribution in [1.82, 2.24) is 4.98 Å². The lowest BCUT2D eigenvalue weighted by Gasteiger charge is -1.99. The van der Waals surface area contributed by atoms with Crippen molar-refractivity contribution < 1.29 is 9.52 Å². The predicted octanol–water partition coefficient (Wildman–Crippen LogP) is 2.20. The zero-order valence-corrected chi connectivity index (χ0v) is 9.90. The molecule has 3 rings (SSSR count). The summed E-state index contributed by atoms with van der Waals surface area (Å²) in [6.45, 7) is 0. The molecule has 5 nitrogen and oxygen atoms in total. The molecule has 0 aliphatic rings. The highest BCUT2D eigenvalue weighted by molar-refractivity contribution is 7.17. The molecule has 3 N–H and O–H groups in total. The number of nitrogen functional groups attached to an aromatic ring is 1. The number of hydrogen-bond donors (Lipinski definition) is 2. The van der Waals surface area contributed by atoms with Gasteiger partial charge in [0.2, 0.25) is 5.89 Å². The summed E-state index contributed by atoms with van der Waals surface area (Å²) in [5.74, 6) is 0.358. The number of rotatable bonds is 1. The molecule has 0 saturated carbocycles. The fraction of sp³-hybridized carbons (Fsp3) is 0. The first-order chi connectivity index (χ1) is 8.65. The average molecular weight is 260 g/mol. The van der Waals surface area contributed by atoms with E-state index in [0.29, 0.717) is 21.5 Å². The Balaban J connectivity index is 2.25. The number of anilines is 1. The highest BCUT2D eigenvalue weighted by Gasteiger charge is 2.12. The number of aromatic hydroxyl groups is 1. The van der Waals surface area contributed by atoms with Gasteiger partial charge in [0.1, 0.15) is 16.0 Å². The molecular weight excluding hydrogens is 252 g/mol. The molecule has 0 fully saturated rings.